The van der Waals surface area contributed by atoms with Crippen molar-refractivity contribution < 1.29 is 14.0 Å². The zero-order valence-corrected chi connectivity index (χ0v) is 9.92. The van der Waals surface area contributed by atoms with Crippen LogP contribution in [0.1, 0.15) is 27.2 Å². The zero-order valence-electron chi connectivity index (χ0n) is 9.92. The van der Waals surface area contributed by atoms with Gasteiger partial charge in [-0.2, -0.15) is 5.10 Å². The monoisotopic (exact) mass is 231 g/mol. The molecule has 0 bridgehead atoms. The third-order valence-electron chi connectivity index (χ3n) is 1.44. The van der Waals surface area contributed by atoms with Crippen molar-refractivity contribution in [2.24, 2.45) is 5.10 Å². The number of hydrogen-bond donors (Lipinski definition) is 1. The van der Waals surface area contributed by atoms with Crippen molar-refractivity contribution in [3.63, 3.8) is 0 Å². The Balaban J connectivity index is 3.97. The average molecular weight is 231 g/mol. The van der Waals surface area contributed by atoms with Gasteiger partial charge in [0.05, 0.1) is 6.54 Å². The van der Waals surface area contributed by atoms with Crippen molar-refractivity contribution in [3.05, 3.63) is 12.3 Å². The smallest absolute Gasteiger partial charge is 0.438 e. The molecule has 0 aliphatic carbocycles. The van der Waals surface area contributed by atoms with Crippen LogP contribution in [0.3, 0.4) is 0 Å². The molecule has 92 valence electrons. The molecule has 0 saturated carbocycles. The Morgan fingerprint density at radius 1 is 1.56 bits per heavy atom. The fraction of sp³-hybridized carbons (Fsp3) is 0.600. The van der Waals surface area contributed by atoms with E-state index in [1.165, 1.54) is 0 Å². The first kappa shape index (κ1) is 14.4. The van der Waals surface area contributed by atoms with E-state index >= 15 is 0 Å². The van der Waals surface area contributed by atoms with Crippen LogP contribution >= 0.6 is 0 Å². The summed E-state index contributed by atoms with van der Waals surface area (Å²) >= 11 is 0. The Hall–Kier alpha value is -1.59. The lowest BCUT2D eigenvalue weighted by atomic mass is 10.2. The minimum absolute atomic E-state index is 0.00119. The largest absolute Gasteiger partial charge is 0.442 e. The number of hydrogen-bond acceptors (Lipinski definition) is 4. The lowest BCUT2D eigenvalue weighted by molar-refractivity contribution is -0.0301. The summed E-state index contributed by atoms with van der Waals surface area (Å²) in [7, 11) is 0. The van der Waals surface area contributed by atoms with Gasteiger partial charge in [0.15, 0.2) is 0 Å². The third kappa shape index (κ3) is 6.80. The van der Waals surface area contributed by atoms with Crippen molar-refractivity contribution in [3.8, 4) is 0 Å². The second-order valence-electron chi connectivity index (χ2n) is 4.19. The molecule has 0 rings (SSSR count). The van der Waals surface area contributed by atoms with Crippen LogP contribution in [0, 0.1) is 0 Å². The topological polar surface area (TPSA) is 53.9 Å². The SMILES string of the molecule is C=NNC(=C)CCN(F)C(=O)OC(C)(C)C. The van der Waals surface area contributed by atoms with E-state index in [0.717, 1.165) is 0 Å². The summed E-state index contributed by atoms with van der Waals surface area (Å²) in [6.45, 7) is 11.6. The number of nitrogens with zero attached hydrogens (tertiary/aromatic N) is 2. The van der Waals surface area contributed by atoms with E-state index in [9.17, 15) is 9.28 Å². The molecule has 1 N–H and O–H groups in total. The number of carbonyl (C=O) groups excluding carboxylic acids is 1. The van der Waals surface area contributed by atoms with Gasteiger partial charge in [-0.05, 0) is 20.8 Å². The first-order valence-corrected chi connectivity index (χ1v) is 4.82. The van der Waals surface area contributed by atoms with Gasteiger partial charge in [-0.15, -0.1) is 5.12 Å². The quantitative estimate of drug-likeness (QED) is 0.448. The summed E-state index contributed by atoms with van der Waals surface area (Å²) in [6.07, 6.45) is -0.777. The number of nitrogens with one attached hydrogen (secondary N) is 1. The van der Waals surface area contributed by atoms with Crippen LogP contribution in [0.25, 0.3) is 0 Å². The molecule has 1 amide bonds. The summed E-state index contributed by atoms with van der Waals surface area (Å²) in [5.74, 6) is 0. The molecule has 0 spiro atoms. The Labute approximate surface area is 94.9 Å². The van der Waals surface area contributed by atoms with Crippen LogP contribution in [0.2, 0.25) is 0 Å². The van der Waals surface area contributed by atoms with Gasteiger partial charge in [-0.25, -0.2) is 4.79 Å². The molecular formula is C10H18FN3O2. The molecule has 5 nitrogen and oxygen atoms in total. The lowest BCUT2D eigenvalue weighted by Crippen LogP contribution is -2.32. The van der Waals surface area contributed by atoms with E-state index in [1.54, 1.807) is 20.8 Å². The van der Waals surface area contributed by atoms with Crippen molar-refractivity contribution >= 4 is 12.8 Å². The normalized spacial score (nSPS) is 10.5. The minimum atomic E-state index is -1.01. The highest BCUT2D eigenvalue weighted by Crippen LogP contribution is 2.10. The Bertz CT molecular complexity index is 274. The van der Waals surface area contributed by atoms with Gasteiger partial charge in [-0.3, -0.25) is 5.43 Å². The molecule has 0 aromatic heterocycles. The maximum Gasteiger partial charge on any atom is 0.438 e. The number of carbonyl (C=O) groups is 1. The van der Waals surface area contributed by atoms with E-state index in [4.69, 9.17) is 4.74 Å². The Morgan fingerprint density at radius 3 is 2.56 bits per heavy atom. The molecular weight excluding hydrogens is 213 g/mol. The van der Waals surface area contributed by atoms with Gasteiger partial charge in [0.1, 0.15) is 5.60 Å². The highest BCUT2D eigenvalue weighted by molar-refractivity contribution is 5.66. The minimum Gasteiger partial charge on any atom is -0.442 e. The molecule has 0 fully saturated rings. The average Bonchev–Trinajstić information content (AvgIpc) is 2.11. The van der Waals surface area contributed by atoms with Gasteiger partial charge in [0, 0.05) is 18.8 Å². The van der Waals surface area contributed by atoms with Crippen molar-refractivity contribution in [2.45, 2.75) is 32.8 Å². The number of rotatable bonds is 5. The van der Waals surface area contributed by atoms with Crippen molar-refractivity contribution in [1.29, 1.82) is 0 Å². The molecule has 0 atom stereocenters. The second-order valence-corrected chi connectivity index (χ2v) is 4.19. The Morgan fingerprint density at radius 2 is 2.12 bits per heavy atom. The van der Waals surface area contributed by atoms with E-state index < -0.39 is 11.7 Å². The van der Waals surface area contributed by atoms with Crippen LogP contribution in [0.15, 0.2) is 17.4 Å². The highest BCUT2D eigenvalue weighted by atomic mass is 19.2. The first-order chi connectivity index (χ1) is 7.26. The van der Waals surface area contributed by atoms with E-state index in [2.05, 4.69) is 23.8 Å². The van der Waals surface area contributed by atoms with Gasteiger partial charge in [0.25, 0.3) is 0 Å². The van der Waals surface area contributed by atoms with Gasteiger partial charge < -0.3 is 4.74 Å². The second kappa shape index (κ2) is 6.09. The number of halogens is 1. The van der Waals surface area contributed by atoms with Gasteiger partial charge in [0.2, 0.25) is 0 Å². The molecule has 0 aliphatic rings. The number of hydrazone groups is 1. The maximum atomic E-state index is 13.2. The summed E-state index contributed by atoms with van der Waals surface area (Å²) in [6, 6.07) is 0. The maximum absolute atomic E-state index is 13.2. The molecule has 0 unspecified atom stereocenters. The summed E-state index contributed by atoms with van der Waals surface area (Å²) in [4.78, 5) is 11.2. The summed E-state index contributed by atoms with van der Waals surface area (Å²) in [5.41, 5.74) is 2.23. The molecule has 0 saturated heterocycles. The van der Waals surface area contributed by atoms with Crippen LogP contribution < -0.4 is 5.43 Å². The van der Waals surface area contributed by atoms with E-state index in [-0.39, 0.29) is 18.1 Å². The number of amides is 1. The zero-order chi connectivity index (χ0) is 12.8. The predicted molar refractivity (Wildman–Crippen MR) is 60.5 cm³/mol. The van der Waals surface area contributed by atoms with Crippen molar-refractivity contribution in [1.82, 2.24) is 10.5 Å². The molecule has 0 aliphatic heterocycles. The fourth-order valence-corrected chi connectivity index (χ4v) is 0.804. The molecule has 6 heteroatoms. The fourth-order valence-electron chi connectivity index (χ4n) is 0.804. The summed E-state index contributed by atoms with van der Waals surface area (Å²) < 4.78 is 18.0. The van der Waals surface area contributed by atoms with E-state index in [1.807, 2.05) is 0 Å². The molecule has 0 aromatic carbocycles. The molecule has 0 radical (unpaired) electrons. The van der Waals surface area contributed by atoms with Crippen LogP contribution in [-0.4, -0.2) is 30.1 Å². The summed E-state index contributed by atoms with van der Waals surface area (Å²) in [5, 5.41) is 3.36. The molecule has 16 heavy (non-hydrogen) atoms. The Kier molecular flexibility index (Phi) is 5.49. The van der Waals surface area contributed by atoms with Crippen LogP contribution in [-0.2, 0) is 4.74 Å². The van der Waals surface area contributed by atoms with Crippen LogP contribution in [0.4, 0.5) is 9.28 Å². The highest BCUT2D eigenvalue weighted by Gasteiger charge is 2.21. The van der Waals surface area contributed by atoms with Gasteiger partial charge >= 0.3 is 6.09 Å². The van der Waals surface area contributed by atoms with Gasteiger partial charge in [-0.1, -0.05) is 11.1 Å². The number of ether oxygens (including phenoxy) is 1. The van der Waals surface area contributed by atoms with Crippen molar-refractivity contribution in [2.75, 3.05) is 6.54 Å². The molecule has 0 aromatic rings. The third-order valence-corrected chi connectivity index (χ3v) is 1.44. The molecule has 0 heterocycles. The van der Waals surface area contributed by atoms with Crippen LogP contribution in [0.5, 0.6) is 0 Å². The lowest BCUT2D eigenvalue weighted by Gasteiger charge is -2.22. The standard InChI is InChI=1S/C10H18FN3O2/c1-8(13-12-5)6-7-14(11)9(15)16-10(2,3)4/h13H,1,5-7H2,2-4H3. The van der Waals surface area contributed by atoms with E-state index in [0.29, 0.717) is 5.70 Å². The predicted octanol–water partition coefficient (Wildman–Crippen LogP) is 2.22. The first-order valence-electron chi connectivity index (χ1n) is 4.82.